The van der Waals surface area contributed by atoms with Crippen LogP contribution in [0, 0.1) is 5.82 Å². The van der Waals surface area contributed by atoms with Crippen molar-refractivity contribution in [2.45, 2.75) is 25.1 Å². The van der Waals surface area contributed by atoms with Crippen LogP contribution in [0.4, 0.5) is 4.39 Å². The molecular weight excluding hydrogens is 357 g/mol. The number of nitrogens with zero attached hydrogens (tertiary/aromatic N) is 1. The molecule has 1 aliphatic heterocycles. The Labute approximate surface area is 154 Å². The van der Waals surface area contributed by atoms with Crippen LogP contribution in [-0.4, -0.2) is 47.4 Å². The van der Waals surface area contributed by atoms with E-state index in [0.717, 1.165) is 26.0 Å². The standard InChI is InChI=1S/C18H26FN3O3S/c1-20-18(21-8-5-14-6-9-25-10-7-14)22-12-16-11-17(19)4-3-15(16)13-26(2,23)24/h3-4,6,11H,5,7-10,12-13H2,1-2H3,(H2,20,21,22). The second-order valence-corrected chi connectivity index (χ2v) is 8.41. The number of rotatable bonds is 7. The minimum Gasteiger partial charge on any atom is -0.377 e. The molecule has 8 heteroatoms. The molecule has 1 aromatic carbocycles. The zero-order chi connectivity index (χ0) is 19.0. The first-order chi connectivity index (χ1) is 12.4. The maximum Gasteiger partial charge on any atom is 0.191 e. The van der Waals surface area contributed by atoms with E-state index in [1.807, 2.05) is 0 Å². The minimum absolute atomic E-state index is 0.119. The van der Waals surface area contributed by atoms with E-state index in [2.05, 4.69) is 21.7 Å². The summed E-state index contributed by atoms with van der Waals surface area (Å²) in [6, 6.07) is 4.15. The summed E-state index contributed by atoms with van der Waals surface area (Å²) in [5.41, 5.74) is 2.55. The molecule has 6 nitrogen and oxygen atoms in total. The van der Waals surface area contributed by atoms with Crippen LogP contribution in [0.1, 0.15) is 24.0 Å². The zero-order valence-electron chi connectivity index (χ0n) is 15.2. The second-order valence-electron chi connectivity index (χ2n) is 6.27. The number of ether oxygens (including phenoxy) is 1. The number of hydrogen-bond donors (Lipinski definition) is 2. The second kappa shape index (κ2) is 9.68. The van der Waals surface area contributed by atoms with Gasteiger partial charge in [-0.05, 0) is 36.1 Å². The van der Waals surface area contributed by atoms with E-state index < -0.39 is 15.7 Å². The van der Waals surface area contributed by atoms with Crippen molar-refractivity contribution in [1.29, 1.82) is 0 Å². The molecule has 0 unspecified atom stereocenters. The van der Waals surface area contributed by atoms with Gasteiger partial charge in [-0.1, -0.05) is 17.7 Å². The zero-order valence-corrected chi connectivity index (χ0v) is 16.0. The lowest BCUT2D eigenvalue weighted by Crippen LogP contribution is -2.37. The Morgan fingerprint density at radius 1 is 1.31 bits per heavy atom. The average Bonchev–Trinajstić information content (AvgIpc) is 2.60. The van der Waals surface area contributed by atoms with E-state index in [4.69, 9.17) is 4.74 Å². The Hall–Kier alpha value is -1.93. The molecule has 144 valence electrons. The fourth-order valence-electron chi connectivity index (χ4n) is 2.72. The highest BCUT2D eigenvalue weighted by atomic mass is 32.2. The summed E-state index contributed by atoms with van der Waals surface area (Å²) in [5, 5.41) is 6.32. The maximum atomic E-state index is 13.6. The largest absolute Gasteiger partial charge is 0.377 e. The van der Waals surface area contributed by atoms with Crippen LogP contribution in [0.15, 0.2) is 34.8 Å². The van der Waals surface area contributed by atoms with Crippen LogP contribution < -0.4 is 10.6 Å². The summed E-state index contributed by atoms with van der Waals surface area (Å²) >= 11 is 0. The molecule has 0 radical (unpaired) electrons. The molecule has 0 bridgehead atoms. The highest BCUT2D eigenvalue weighted by Crippen LogP contribution is 2.14. The molecule has 0 atom stereocenters. The van der Waals surface area contributed by atoms with Crippen molar-refractivity contribution < 1.29 is 17.5 Å². The van der Waals surface area contributed by atoms with Crippen LogP contribution >= 0.6 is 0 Å². The summed E-state index contributed by atoms with van der Waals surface area (Å²) in [6.07, 6.45) is 5.12. The Morgan fingerprint density at radius 3 is 2.77 bits per heavy atom. The number of sulfone groups is 1. The molecule has 0 saturated heterocycles. The lowest BCUT2D eigenvalue weighted by Gasteiger charge is -2.16. The molecule has 0 aromatic heterocycles. The average molecular weight is 383 g/mol. The van der Waals surface area contributed by atoms with Crippen molar-refractivity contribution >= 4 is 15.8 Å². The summed E-state index contributed by atoms with van der Waals surface area (Å²) in [4.78, 5) is 4.15. The molecule has 2 N–H and O–H groups in total. The summed E-state index contributed by atoms with van der Waals surface area (Å²) < 4.78 is 42.0. The van der Waals surface area contributed by atoms with E-state index in [1.54, 1.807) is 7.05 Å². The molecule has 1 heterocycles. The van der Waals surface area contributed by atoms with E-state index >= 15 is 0 Å². The Kier molecular flexibility index (Phi) is 7.59. The van der Waals surface area contributed by atoms with Crippen molar-refractivity contribution in [3.63, 3.8) is 0 Å². The summed E-state index contributed by atoms with van der Waals surface area (Å²) in [5.74, 6) is 0.0766. The van der Waals surface area contributed by atoms with Crippen LogP contribution in [0.5, 0.6) is 0 Å². The van der Waals surface area contributed by atoms with Crippen molar-refractivity contribution in [2.24, 2.45) is 4.99 Å². The first-order valence-corrected chi connectivity index (χ1v) is 10.6. The topological polar surface area (TPSA) is 79.8 Å². The van der Waals surface area contributed by atoms with Crippen LogP contribution in [-0.2, 0) is 26.9 Å². The lowest BCUT2D eigenvalue weighted by atomic mass is 10.1. The first-order valence-electron chi connectivity index (χ1n) is 8.52. The molecule has 0 spiro atoms. The van der Waals surface area contributed by atoms with Gasteiger partial charge in [0.1, 0.15) is 5.82 Å². The van der Waals surface area contributed by atoms with Crippen LogP contribution in [0.3, 0.4) is 0 Å². The van der Waals surface area contributed by atoms with Gasteiger partial charge < -0.3 is 15.4 Å². The van der Waals surface area contributed by atoms with Crippen molar-refractivity contribution in [3.05, 3.63) is 46.8 Å². The summed E-state index contributed by atoms with van der Waals surface area (Å²) in [6.45, 7) is 2.45. The van der Waals surface area contributed by atoms with Crippen LogP contribution in [0.25, 0.3) is 0 Å². The smallest absolute Gasteiger partial charge is 0.191 e. The van der Waals surface area contributed by atoms with E-state index in [1.165, 1.54) is 30.0 Å². The highest BCUT2D eigenvalue weighted by molar-refractivity contribution is 7.89. The maximum absolute atomic E-state index is 13.6. The predicted octanol–water partition coefficient (Wildman–Crippen LogP) is 1.77. The Bertz CT molecular complexity index is 776. The SMILES string of the molecule is CN=C(NCCC1=CCOCC1)NCc1cc(F)ccc1CS(C)(=O)=O. The van der Waals surface area contributed by atoms with Gasteiger partial charge in [0.25, 0.3) is 0 Å². The van der Waals surface area contributed by atoms with Gasteiger partial charge in [0.2, 0.25) is 0 Å². The molecule has 0 aliphatic carbocycles. The molecule has 1 aliphatic rings. The number of benzene rings is 1. The third-order valence-corrected chi connectivity index (χ3v) is 4.89. The molecular formula is C18H26FN3O3S. The molecule has 0 amide bonds. The van der Waals surface area contributed by atoms with Crippen molar-refractivity contribution in [1.82, 2.24) is 10.6 Å². The van der Waals surface area contributed by atoms with Gasteiger partial charge in [-0.15, -0.1) is 0 Å². The van der Waals surface area contributed by atoms with E-state index in [0.29, 0.717) is 30.2 Å². The van der Waals surface area contributed by atoms with Gasteiger partial charge in [-0.2, -0.15) is 0 Å². The number of halogens is 1. The normalized spacial score (nSPS) is 15.5. The fraction of sp³-hybridized carbons (Fsp3) is 0.500. The Morgan fingerprint density at radius 2 is 2.12 bits per heavy atom. The minimum atomic E-state index is -3.20. The quantitative estimate of drug-likeness (QED) is 0.426. The van der Waals surface area contributed by atoms with Gasteiger partial charge in [-0.3, -0.25) is 4.99 Å². The number of guanidine groups is 1. The Balaban J connectivity index is 1.91. The van der Waals surface area contributed by atoms with Crippen LogP contribution in [0.2, 0.25) is 0 Å². The number of nitrogens with one attached hydrogen (secondary N) is 2. The van der Waals surface area contributed by atoms with Gasteiger partial charge in [0.05, 0.1) is 19.0 Å². The molecule has 1 aromatic rings. The van der Waals surface area contributed by atoms with E-state index in [-0.39, 0.29) is 5.75 Å². The third kappa shape index (κ3) is 7.13. The number of hydrogen-bond acceptors (Lipinski definition) is 4. The number of aliphatic imine (C=N–C) groups is 1. The third-order valence-electron chi connectivity index (χ3n) is 4.05. The van der Waals surface area contributed by atoms with Gasteiger partial charge in [-0.25, -0.2) is 12.8 Å². The monoisotopic (exact) mass is 383 g/mol. The van der Waals surface area contributed by atoms with E-state index in [9.17, 15) is 12.8 Å². The molecule has 26 heavy (non-hydrogen) atoms. The lowest BCUT2D eigenvalue weighted by molar-refractivity contribution is 0.153. The van der Waals surface area contributed by atoms with Crippen molar-refractivity contribution in [2.75, 3.05) is 33.1 Å². The van der Waals surface area contributed by atoms with Gasteiger partial charge in [0.15, 0.2) is 15.8 Å². The highest BCUT2D eigenvalue weighted by Gasteiger charge is 2.11. The van der Waals surface area contributed by atoms with Gasteiger partial charge in [0, 0.05) is 26.4 Å². The predicted molar refractivity (Wildman–Crippen MR) is 101 cm³/mol. The molecule has 0 saturated carbocycles. The molecule has 2 rings (SSSR count). The molecule has 0 fully saturated rings. The van der Waals surface area contributed by atoms with Gasteiger partial charge >= 0.3 is 0 Å². The summed E-state index contributed by atoms with van der Waals surface area (Å²) in [7, 11) is -1.54. The first kappa shape index (κ1) is 20.4. The van der Waals surface area contributed by atoms with Crippen molar-refractivity contribution in [3.8, 4) is 0 Å². The fourth-order valence-corrected chi connectivity index (χ4v) is 3.56.